The van der Waals surface area contributed by atoms with E-state index in [4.69, 9.17) is 17.0 Å². The van der Waals surface area contributed by atoms with Crippen LogP contribution in [0.2, 0.25) is 0 Å². The minimum absolute atomic E-state index is 0.344. The van der Waals surface area contributed by atoms with Gasteiger partial charge < -0.3 is 4.74 Å². The number of ether oxygens (including phenoxy) is 1. The molecule has 0 aromatic carbocycles. The van der Waals surface area contributed by atoms with Crippen molar-refractivity contribution in [3.63, 3.8) is 0 Å². The highest BCUT2D eigenvalue weighted by atomic mass is 32.1. The van der Waals surface area contributed by atoms with Crippen LogP contribution < -0.4 is 0 Å². The smallest absolute Gasteiger partial charge is 0.343 e. The maximum atomic E-state index is 11.7. The van der Waals surface area contributed by atoms with Gasteiger partial charge in [-0.3, -0.25) is 9.61 Å². The Balaban J connectivity index is 2.67. The van der Waals surface area contributed by atoms with E-state index in [1.807, 2.05) is 25.3 Å². The van der Waals surface area contributed by atoms with Crippen molar-refractivity contribution in [3.05, 3.63) is 34.1 Å². The summed E-state index contributed by atoms with van der Waals surface area (Å²) in [5, 5.41) is 2.92. The number of fused-ring (bicyclic) bond motifs is 1. The normalized spacial score (nSPS) is 10.6. The molecule has 16 heavy (non-hydrogen) atoms. The number of aromatic amines is 1. The van der Waals surface area contributed by atoms with Crippen LogP contribution >= 0.6 is 12.2 Å². The van der Waals surface area contributed by atoms with Gasteiger partial charge in [-0.2, -0.15) is 0 Å². The van der Waals surface area contributed by atoms with Crippen LogP contribution in [0.4, 0.5) is 0 Å². The van der Waals surface area contributed by atoms with Crippen LogP contribution in [0, 0.1) is 11.6 Å². The molecule has 2 rings (SSSR count). The summed E-state index contributed by atoms with van der Waals surface area (Å²) in [6.07, 6.45) is 1.84. The molecule has 2 aromatic rings. The van der Waals surface area contributed by atoms with Crippen LogP contribution in [-0.4, -0.2) is 22.2 Å². The molecule has 0 unspecified atom stereocenters. The summed E-state index contributed by atoms with van der Waals surface area (Å²) in [6, 6.07) is 3.84. The van der Waals surface area contributed by atoms with Crippen LogP contribution in [-0.2, 0) is 4.74 Å². The molecule has 0 atom stereocenters. The van der Waals surface area contributed by atoms with E-state index in [0.29, 0.717) is 16.8 Å². The Morgan fingerprint density at radius 3 is 3.06 bits per heavy atom. The first-order valence-electron chi connectivity index (χ1n) is 5.01. The quantitative estimate of drug-likeness (QED) is 0.643. The molecule has 0 fully saturated rings. The molecule has 5 heteroatoms. The number of carbonyl (C=O) groups excluding carboxylic acids is 1. The highest BCUT2D eigenvalue weighted by molar-refractivity contribution is 7.71. The van der Waals surface area contributed by atoms with E-state index >= 15 is 0 Å². The average Bonchev–Trinajstić information content (AvgIpc) is 2.53. The lowest BCUT2D eigenvalue weighted by atomic mass is 10.2. The molecule has 2 heterocycles. The number of aromatic nitrogens is 2. The zero-order valence-corrected chi connectivity index (χ0v) is 9.93. The second-order valence-electron chi connectivity index (χ2n) is 3.50. The molecule has 0 saturated heterocycles. The summed E-state index contributed by atoms with van der Waals surface area (Å²) in [4.78, 5) is 11.7. The van der Waals surface area contributed by atoms with Crippen molar-refractivity contribution in [2.45, 2.75) is 13.8 Å². The fourth-order valence-corrected chi connectivity index (χ4v) is 1.86. The number of hydrogen-bond donors (Lipinski definition) is 1. The lowest BCUT2D eigenvalue weighted by molar-refractivity contribution is 0.0528. The Bertz CT molecular complexity index is 598. The van der Waals surface area contributed by atoms with Gasteiger partial charge in [0.15, 0.2) is 0 Å². The number of pyridine rings is 1. The predicted octanol–water partition coefficient (Wildman–Crippen LogP) is 2.48. The van der Waals surface area contributed by atoms with Crippen LogP contribution in [0.1, 0.15) is 22.8 Å². The van der Waals surface area contributed by atoms with E-state index in [9.17, 15) is 4.79 Å². The van der Waals surface area contributed by atoms with Crippen molar-refractivity contribution in [1.82, 2.24) is 9.61 Å². The third-order valence-corrected chi connectivity index (χ3v) is 2.59. The Morgan fingerprint density at radius 1 is 1.62 bits per heavy atom. The van der Waals surface area contributed by atoms with E-state index in [1.54, 1.807) is 11.4 Å². The van der Waals surface area contributed by atoms with Crippen molar-refractivity contribution >= 4 is 23.7 Å². The van der Waals surface area contributed by atoms with Gasteiger partial charge in [0, 0.05) is 6.20 Å². The summed E-state index contributed by atoms with van der Waals surface area (Å²) < 4.78 is 7.11. The summed E-state index contributed by atoms with van der Waals surface area (Å²) >= 11 is 5.11. The molecule has 4 nitrogen and oxygen atoms in total. The van der Waals surface area contributed by atoms with Gasteiger partial charge in [-0.25, -0.2) is 4.79 Å². The number of hydrogen-bond acceptors (Lipinski definition) is 3. The number of esters is 1. The Morgan fingerprint density at radius 2 is 2.38 bits per heavy atom. The average molecular weight is 236 g/mol. The first-order valence-corrected chi connectivity index (χ1v) is 5.42. The van der Waals surface area contributed by atoms with Gasteiger partial charge >= 0.3 is 5.97 Å². The van der Waals surface area contributed by atoms with Crippen molar-refractivity contribution in [2.24, 2.45) is 0 Å². The van der Waals surface area contributed by atoms with E-state index in [0.717, 1.165) is 11.1 Å². The van der Waals surface area contributed by atoms with Gasteiger partial charge in [0.2, 0.25) is 0 Å². The molecule has 2 aromatic heterocycles. The molecule has 0 aliphatic heterocycles. The zero-order valence-electron chi connectivity index (χ0n) is 9.11. The van der Waals surface area contributed by atoms with E-state index in [-0.39, 0.29) is 5.97 Å². The first-order chi connectivity index (χ1) is 7.63. The third-order valence-electron chi connectivity index (χ3n) is 2.30. The molecule has 0 aliphatic carbocycles. The van der Waals surface area contributed by atoms with E-state index in [2.05, 4.69) is 5.10 Å². The Hall–Kier alpha value is -1.62. The van der Waals surface area contributed by atoms with Crippen LogP contribution in [0.5, 0.6) is 0 Å². The zero-order chi connectivity index (χ0) is 11.7. The number of rotatable bonds is 2. The molecule has 0 radical (unpaired) electrons. The van der Waals surface area contributed by atoms with Crippen molar-refractivity contribution in [1.29, 1.82) is 0 Å². The predicted molar refractivity (Wildman–Crippen MR) is 63.3 cm³/mol. The monoisotopic (exact) mass is 236 g/mol. The molecular formula is C11H12N2O2S. The van der Waals surface area contributed by atoms with Gasteiger partial charge in [-0.1, -0.05) is 12.2 Å². The second-order valence-corrected chi connectivity index (χ2v) is 3.90. The minimum Gasteiger partial charge on any atom is -0.462 e. The summed E-state index contributed by atoms with van der Waals surface area (Å²) in [7, 11) is 0. The maximum Gasteiger partial charge on any atom is 0.343 e. The summed E-state index contributed by atoms with van der Waals surface area (Å²) in [6.45, 7) is 4.08. The lowest BCUT2D eigenvalue weighted by Gasteiger charge is -2.00. The standard InChI is InChI=1S/C11H12N2O2S/c1-3-15-11(14)9-8-6-7(2)4-5-13(8)12-10(9)16/h4-6H,3H2,1-2H3,(H,12,16). The molecule has 84 valence electrons. The van der Waals surface area contributed by atoms with E-state index < -0.39 is 0 Å². The van der Waals surface area contributed by atoms with Crippen LogP contribution in [0.25, 0.3) is 5.52 Å². The van der Waals surface area contributed by atoms with E-state index in [1.165, 1.54) is 0 Å². The summed E-state index contributed by atoms with van der Waals surface area (Å²) in [5.74, 6) is -0.378. The number of nitrogens with one attached hydrogen (secondary N) is 1. The van der Waals surface area contributed by atoms with Gasteiger partial charge in [0.05, 0.1) is 12.1 Å². The minimum atomic E-state index is -0.378. The molecule has 0 saturated carbocycles. The highest BCUT2D eigenvalue weighted by Crippen LogP contribution is 2.15. The SMILES string of the molecule is CCOC(=O)c1c(=S)[nH]n2ccc(C)cc12. The maximum absolute atomic E-state index is 11.7. The number of aryl methyl sites for hydroxylation is 1. The van der Waals surface area contributed by atoms with Crippen LogP contribution in [0.15, 0.2) is 18.3 Å². The molecule has 0 bridgehead atoms. The topological polar surface area (TPSA) is 46.5 Å². The lowest BCUT2D eigenvalue weighted by Crippen LogP contribution is -2.04. The third kappa shape index (κ3) is 1.74. The molecule has 0 aliphatic rings. The molecule has 0 amide bonds. The second kappa shape index (κ2) is 4.09. The molecule has 1 N–H and O–H groups in total. The fraction of sp³-hybridized carbons (Fsp3) is 0.273. The summed E-state index contributed by atoms with van der Waals surface area (Å²) in [5.41, 5.74) is 2.25. The number of carbonyl (C=O) groups is 1. The molecular weight excluding hydrogens is 224 g/mol. The highest BCUT2D eigenvalue weighted by Gasteiger charge is 2.15. The molecule has 0 spiro atoms. The number of H-pyrrole nitrogens is 1. The van der Waals surface area contributed by atoms with Gasteiger partial charge in [-0.15, -0.1) is 0 Å². The Labute approximate surface area is 97.8 Å². The van der Waals surface area contributed by atoms with Crippen LogP contribution in [0.3, 0.4) is 0 Å². The van der Waals surface area contributed by atoms with Gasteiger partial charge in [-0.05, 0) is 31.5 Å². The fourth-order valence-electron chi connectivity index (χ4n) is 1.58. The Kier molecular flexibility index (Phi) is 2.78. The number of nitrogens with zero attached hydrogens (tertiary/aromatic N) is 1. The van der Waals surface area contributed by atoms with Crippen molar-refractivity contribution < 1.29 is 9.53 Å². The van der Waals surface area contributed by atoms with Gasteiger partial charge in [0.25, 0.3) is 0 Å². The van der Waals surface area contributed by atoms with Gasteiger partial charge in [0.1, 0.15) is 10.2 Å². The largest absolute Gasteiger partial charge is 0.462 e. The first kappa shape index (κ1) is 10.9. The van der Waals surface area contributed by atoms with Crippen molar-refractivity contribution in [3.8, 4) is 0 Å². The van der Waals surface area contributed by atoms with Crippen molar-refractivity contribution in [2.75, 3.05) is 6.61 Å².